The molecule has 0 aliphatic heterocycles. The molecule has 1 rings (SSSR count). The van der Waals surface area contributed by atoms with Crippen molar-refractivity contribution >= 4 is 0 Å². The number of nitrogens with two attached hydrogens (primary N) is 1. The lowest BCUT2D eigenvalue weighted by molar-refractivity contribution is 0.311. The van der Waals surface area contributed by atoms with Crippen molar-refractivity contribution in [1.82, 2.24) is 5.43 Å². The van der Waals surface area contributed by atoms with Crippen LogP contribution in [0.2, 0.25) is 0 Å². The van der Waals surface area contributed by atoms with E-state index >= 15 is 0 Å². The van der Waals surface area contributed by atoms with E-state index in [1.54, 1.807) is 6.07 Å². The average Bonchev–Trinajstić information content (AvgIpc) is 2.40. The molecule has 0 spiro atoms. The van der Waals surface area contributed by atoms with Crippen LogP contribution >= 0.6 is 0 Å². The molecule has 0 bridgehead atoms. The van der Waals surface area contributed by atoms with Crippen molar-refractivity contribution in [2.45, 2.75) is 52.0 Å². The Morgan fingerprint density at radius 1 is 1.11 bits per heavy atom. The molecule has 0 heterocycles. The first-order valence-corrected chi connectivity index (χ1v) is 7.02. The molecule has 2 nitrogen and oxygen atoms in total. The zero-order chi connectivity index (χ0) is 14.3. The summed E-state index contributed by atoms with van der Waals surface area (Å²) in [5, 5.41) is 0. The minimum absolute atomic E-state index is 0.102. The van der Waals surface area contributed by atoms with Crippen LogP contribution in [0.3, 0.4) is 0 Å². The standard InChI is InChI=1S/C15H24F2N2/c1-3-5-12(6-4-2)15(19-18)10-11-7-8-13(16)14(17)9-11/h7-9,12,15,19H,3-6,10,18H2,1-2H3. The molecule has 0 aliphatic rings. The van der Waals surface area contributed by atoms with Gasteiger partial charge in [-0.15, -0.1) is 0 Å². The fourth-order valence-electron chi connectivity index (χ4n) is 2.57. The van der Waals surface area contributed by atoms with E-state index in [9.17, 15) is 8.78 Å². The van der Waals surface area contributed by atoms with Crippen LogP contribution in [0.5, 0.6) is 0 Å². The van der Waals surface area contributed by atoms with Gasteiger partial charge in [0.25, 0.3) is 0 Å². The minimum Gasteiger partial charge on any atom is -0.271 e. The molecular formula is C15H24F2N2. The maximum atomic E-state index is 13.2. The van der Waals surface area contributed by atoms with Gasteiger partial charge in [-0.3, -0.25) is 11.3 Å². The van der Waals surface area contributed by atoms with Crippen molar-refractivity contribution < 1.29 is 8.78 Å². The quantitative estimate of drug-likeness (QED) is 0.560. The summed E-state index contributed by atoms with van der Waals surface area (Å²) >= 11 is 0. The van der Waals surface area contributed by atoms with Crippen LogP contribution in [0.15, 0.2) is 18.2 Å². The van der Waals surface area contributed by atoms with E-state index in [2.05, 4.69) is 19.3 Å². The van der Waals surface area contributed by atoms with Crippen molar-refractivity contribution in [2.24, 2.45) is 11.8 Å². The molecule has 0 aromatic heterocycles. The molecule has 0 saturated carbocycles. The lowest BCUT2D eigenvalue weighted by Crippen LogP contribution is -2.42. The van der Waals surface area contributed by atoms with Gasteiger partial charge in [0.2, 0.25) is 0 Å². The maximum absolute atomic E-state index is 13.2. The molecule has 0 fully saturated rings. The topological polar surface area (TPSA) is 38.0 Å². The molecule has 1 atom stereocenters. The molecule has 3 N–H and O–H groups in total. The molecule has 1 aromatic carbocycles. The van der Waals surface area contributed by atoms with Crippen LogP contribution in [-0.4, -0.2) is 6.04 Å². The highest BCUT2D eigenvalue weighted by atomic mass is 19.2. The zero-order valence-corrected chi connectivity index (χ0v) is 11.8. The van der Waals surface area contributed by atoms with Crippen LogP contribution < -0.4 is 11.3 Å². The summed E-state index contributed by atoms with van der Waals surface area (Å²) in [7, 11) is 0. The van der Waals surface area contributed by atoms with E-state index in [0.717, 1.165) is 31.2 Å². The number of hydrazine groups is 1. The Hall–Kier alpha value is -1.00. The molecule has 1 aromatic rings. The van der Waals surface area contributed by atoms with Gasteiger partial charge < -0.3 is 0 Å². The predicted octanol–water partition coefficient (Wildman–Crippen LogP) is 3.56. The SMILES string of the molecule is CCCC(CCC)C(Cc1ccc(F)c(F)c1)NN. The van der Waals surface area contributed by atoms with Crippen LogP contribution in [0.25, 0.3) is 0 Å². The van der Waals surface area contributed by atoms with Crippen molar-refractivity contribution in [2.75, 3.05) is 0 Å². The normalized spacial score (nSPS) is 12.9. The Kier molecular flexibility index (Phi) is 6.95. The Bertz CT molecular complexity index is 376. The fourth-order valence-corrected chi connectivity index (χ4v) is 2.57. The average molecular weight is 270 g/mol. The summed E-state index contributed by atoms with van der Waals surface area (Å²) in [6.45, 7) is 4.29. The van der Waals surface area contributed by atoms with Gasteiger partial charge in [0.15, 0.2) is 11.6 Å². The molecule has 0 aliphatic carbocycles. The number of hydrogen-bond donors (Lipinski definition) is 2. The van der Waals surface area contributed by atoms with E-state index in [4.69, 9.17) is 5.84 Å². The molecule has 108 valence electrons. The van der Waals surface area contributed by atoms with Gasteiger partial charge in [-0.25, -0.2) is 8.78 Å². The van der Waals surface area contributed by atoms with E-state index in [1.165, 1.54) is 12.1 Å². The van der Waals surface area contributed by atoms with Gasteiger partial charge in [-0.2, -0.15) is 0 Å². The summed E-state index contributed by atoms with van der Waals surface area (Å²) in [5.41, 5.74) is 3.62. The van der Waals surface area contributed by atoms with Crippen molar-refractivity contribution in [3.05, 3.63) is 35.4 Å². The summed E-state index contributed by atoms with van der Waals surface area (Å²) in [6, 6.07) is 4.16. The minimum atomic E-state index is -0.806. The monoisotopic (exact) mass is 270 g/mol. The van der Waals surface area contributed by atoms with E-state index in [0.29, 0.717) is 12.3 Å². The highest BCUT2D eigenvalue weighted by Gasteiger charge is 2.19. The van der Waals surface area contributed by atoms with Gasteiger partial charge >= 0.3 is 0 Å². The van der Waals surface area contributed by atoms with Gasteiger partial charge in [-0.1, -0.05) is 32.8 Å². The third-order valence-electron chi connectivity index (χ3n) is 3.54. The third kappa shape index (κ3) is 4.88. The van der Waals surface area contributed by atoms with E-state index in [-0.39, 0.29) is 6.04 Å². The Morgan fingerprint density at radius 3 is 2.21 bits per heavy atom. The Morgan fingerprint density at radius 2 is 1.74 bits per heavy atom. The number of nitrogens with one attached hydrogen (secondary N) is 1. The van der Waals surface area contributed by atoms with E-state index < -0.39 is 11.6 Å². The van der Waals surface area contributed by atoms with Gasteiger partial charge in [0, 0.05) is 6.04 Å². The number of benzene rings is 1. The van der Waals surface area contributed by atoms with Gasteiger partial charge in [0.1, 0.15) is 0 Å². The van der Waals surface area contributed by atoms with Crippen LogP contribution in [-0.2, 0) is 6.42 Å². The fraction of sp³-hybridized carbons (Fsp3) is 0.600. The number of hydrogen-bond acceptors (Lipinski definition) is 2. The lowest BCUT2D eigenvalue weighted by Gasteiger charge is -2.26. The molecule has 4 heteroatoms. The first-order valence-electron chi connectivity index (χ1n) is 7.02. The van der Waals surface area contributed by atoms with Gasteiger partial charge in [0.05, 0.1) is 0 Å². The Balaban J connectivity index is 2.75. The smallest absolute Gasteiger partial charge is 0.159 e. The van der Waals surface area contributed by atoms with Gasteiger partial charge in [-0.05, 0) is 42.9 Å². The summed E-state index contributed by atoms with van der Waals surface area (Å²) in [6.07, 6.45) is 5.00. The Labute approximate surface area is 114 Å². The maximum Gasteiger partial charge on any atom is 0.159 e. The second-order valence-electron chi connectivity index (χ2n) is 5.06. The second-order valence-corrected chi connectivity index (χ2v) is 5.06. The number of rotatable bonds is 8. The van der Waals surface area contributed by atoms with Crippen LogP contribution in [0, 0.1) is 17.6 Å². The van der Waals surface area contributed by atoms with Crippen molar-refractivity contribution in [1.29, 1.82) is 0 Å². The first kappa shape index (κ1) is 16.1. The zero-order valence-electron chi connectivity index (χ0n) is 11.8. The number of halogens is 2. The summed E-state index contributed by atoms with van der Waals surface area (Å²) in [4.78, 5) is 0. The molecule has 0 amide bonds. The lowest BCUT2D eigenvalue weighted by atomic mass is 9.87. The highest BCUT2D eigenvalue weighted by molar-refractivity contribution is 5.19. The predicted molar refractivity (Wildman–Crippen MR) is 74.5 cm³/mol. The first-order chi connectivity index (χ1) is 9.12. The molecular weight excluding hydrogens is 246 g/mol. The van der Waals surface area contributed by atoms with Crippen molar-refractivity contribution in [3.8, 4) is 0 Å². The van der Waals surface area contributed by atoms with Crippen LogP contribution in [0.1, 0.15) is 45.1 Å². The highest BCUT2D eigenvalue weighted by Crippen LogP contribution is 2.21. The molecule has 0 saturated heterocycles. The van der Waals surface area contributed by atoms with E-state index in [1.807, 2.05) is 0 Å². The summed E-state index contributed by atoms with van der Waals surface area (Å²) < 4.78 is 26.1. The third-order valence-corrected chi connectivity index (χ3v) is 3.54. The molecule has 19 heavy (non-hydrogen) atoms. The largest absolute Gasteiger partial charge is 0.271 e. The van der Waals surface area contributed by atoms with Crippen LogP contribution in [0.4, 0.5) is 8.78 Å². The molecule has 0 radical (unpaired) electrons. The molecule has 1 unspecified atom stereocenters. The van der Waals surface area contributed by atoms with Crippen molar-refractivity contribution in [3.63, 3.8) is 0 Å². The second kappa shape index (κ2) is 8.23. The summed E-state index contributed by atoms with van der Waals surface area (Å²) in [5.74, 6) is 4.50.